The highest BCUT2D eigenvalue weighted by atomic mass is 35.5. The Bertz CT molecular complexity index is 1120. The molecule has 0 fully saturated rings. The highest BCUT2D eigenvalue weighted by Gasteiger charge is 2.32. The minimum Gasteiger partial charge on any atom is -0.458 e. The maximum absolute atomic E-state index is 12.9. The molecule has 0 spiro atoms. The van der Waals surface area contributed by atoms with Gasteiger partial charge in [-0.2, -0.15) is 0 Å². The van der Waals surface area contributed by atoms with Gasteiger partial charge < -0.3 is 21.1 Å². The standard InChI is InChI=1S/C32H46ClN3O5/c1-21(19-23(3)26-17-14-22(2)31(40)41-26)11-8-9-13-28(38)36-29(32(5,6)7)30(39)35-18-10-12-25(20-27(34)37)16-15-24(4)33/h8-11,13-15,18-19,23,25-26,29H,12,16-17,20H2,1-7H3,(H2,34,37)(H,35,39)(H,36,38)/b11-8-,13-9-,18-10-,21-19+,24-15+. The van der Waals surface area contributed by atoms with Crippen molar-refractivity contribution < 1.29 is 23.9 Å². The van der Waals surface area contributed by atoms with Crippen LogP contribution in [0.25, 0.3) is 0 Å². The zero-order valence-corrected chi connectivity index (χ0v) is 26.1. The van der Waals surface area contributed by atoms with E-state index < -0.39 is 23.3 Å². The van der Waals surface area contributed by atoms with E-state index in [-0.39, 0.29) is 36.2 Å². The van der Waals surface area contributed by atoms with Gasteiger partial charge in [0.25, 0.3) is 0 Å². The number of hydrogen-bond donors (Lipinski definition) is 3. The molecule has 41 heavy (non-hydrogen) atoms. The molecular weight excluding hydrogens is 542 g/mol. The second kappa shape index (κ2) is 17.4. The summed E-state index contributed by atoms with van der Waals surface area (Å²) in [6.45, 7) is 13.0. The van der Waals surface area contributed by atoms with E-state index in [1.54, 1.807) is 32.1 Å². The molecule has 4 atom stereocenters. The number of rotatable bonds is 14. The summed E-state index contributed by atoms with van der Waals surface area (Å²) in [6.07, 6.45) is 17.5. The Kier molecular flexibility index (Phi) is 15.1. The molecule has 1 aliphatic heterocycles. The summed E-state index contributed by atoms with van der Waals surface area (Å²) in [5, 5.41) is 6.15. The van der Waals surface area contributed by atoms with E-state index in [1.807, 2.05) is 58.9 Å². The summed E-state index contributed by atoms with van der Waals surface area (Å²) < 4.78 is 5.47. The van der Waals surface area contributed by atoms with Crippen molar-refractivity contribution in [2.45, 2.75) is 86.3 Å². The van der Waals surface area contributed by atoms with Crippen molar-refractivity contribution in [1.29, 1.82) is 0 Å². The predicted molar refractivity (Wildman–Crippen MR) is 164 cm³/mol. The van der Waals surface area contributed by atoms with E-state index in [9.17, 15) is 19.2 Å². The number of primary amides is 1. The molecule has 0 aromatic heterocycles. The molecule has 0 aromatic rings. The molecule has 9 heteroatoms. The Balaban J connectivity index is 2.70. The van der Waals surface area contributed by atoms with Crippen LogP contribution in [0.5, 0.6) is 0 Å². The number of nitrogens with two attached hydrogens (primary N) is 1. The van der Waals surface area contributed by atoms with Gasteiger partial charge in [-0.05, 0) is 51.1 Å². The largest absolute Gasteiger partial charge is 0.458 e. The molecule has 4 unspecified atom stereocenters. The molecule has 4 N–H and O–H groups in total. The first-order valence-electron chi connectivity index (χ1n) is 13.9. The number of cyclic esters (lactones) is 1. The summed E-state index contributed by atoms with van der Waals surface area (Å²) in [7, 11) is 0. The summed E-state index contributed by atoms with van der Waals surface area (Å²) in [5.74, 6) is -1.41. The molecule has 0 radical (unpaired) electrons. The lowest BCUT2D eigenvalue weighted by molar-refractivity contribution is -0.147. The van der Waals surface area contributed by atoms with Crippen LogP contribution in [0.2, 0.25) is 0 Å². The van der Waals surface area contributed by atoms with Crippen molar-refractivity contribution >= 4 is 35.3 Å². The first kappa shape index (κ1) is 35.6. The lowest BCUT2D eigenvalue weighted by atomic mass is 9.86. The zero-order chi connectivity index (χ0) is 31.2. The van der Waals surface area contributed by atoms with Gasteiger partial charge in [-0.25, -0.2) is 4.79 Å². The smallest absolute Gasteiger partial charge is 0.333 e. The highest BCUT2D eigenvalue weighted by Crippen LogP contribution is 2.22. The minimum atomic E-state index is -0.783. The third-order valence-corrected chi connectivity index (χ3v) is 6.67. The summed E-state index contributed by atoms with van der Waals surface area (Å²) in [5.41, 5.74) is 6.41. The van der Waals surface area contributed by atoms with Crippen LogP contribution in [0.4, 0.5) is 0 Å². The van der Waals surface area contributed by atoms with E-state index >= 15 is 0 Å². The maximum atomic E-state index is 12.9. The molecule has 0 aliphatic carbocycles. The fourth-order valence-electron chi connectivity index (χ4n) is 4.13. The Morgan fingerprint density at radius 1 is 1.17 bits per heavy atom. The van der Waals surface area contributed by atoms with Crippen molar-refractivity contribution in [2.75, 3.05) is 0 Å². The monoisotopic (exact) mass is 587 g/mol. The second-order valence-corrected chi connectivity index (χ2v) is 12.2. The van der Waals surface area contributed by atoms with Crippen LogP contribution < -0.4 is 16.4 Å². The van der Waals surface area contributed by atoms with E-state index in [0.717, 1.165) is 5.57 Å². The summed E-state index contributed by atoms with van der Waals surface area (Å²) in [6, 6.07) is -0.783. The Labute approximate surface area is 249 Å². The fraction of sp³-hybridized carbons (Fsp3) is 0.500. The number of hydrogen-bond acceptors (Lipinski definition) is 5. The third kappa shape index (κ3) is 14.7. The lowest BCUT2D eigenvalue weighted by Gasteiger charge is -2.29. The molecule has 0 saturated carbocycles. The Morgan fingerprint density at radius 2 is 1.83 bits per heavy atom. The van der Waals surface area contributed by atoms with Gasteiger partial charge in [-0.3, -0.25) is 14.4 Å². The number of ether oxygens (including phenoxy) is 1. The van der Waals surface area contributed by atoms with Gasteiger partial charge >= 0.3 is 5.97 Å². The van der Waals surface area contributed by atoms with Crippen molar-refractivity contribution in [3.8, 4) is 0 Å². The van der Waals surface area contributed by atoms with Crippen LogP contribution in [0, 0.1) is 17.3 Å². The third-order valence-electron chi connectivity index (χ3n) is 6.52. The Hall–Kier alpha value is -3.39. The van der Waals surface area contributed by atoms with Crippen molar-refractivity contribution in [3.05, 3.63) is 71.0 Å². The van der Waals surface area contributed by atoms with Crippen LogP contribution in [0.1, 0.15) is 74.1 Å². The molecule has 1 rings (SSSR count). The van der Waals surface area contributed by atoms with Gasteiger partial charge in [0.05, 0.1) is 0 Å². The van der Waals surface area contributed by atoms with Gasteiger partial charge in [0.15, 0.2) is 0 Å². The van der Waals surface area contributed by atoms with Gasteiger partial charge in [0.2, 0.25) is 17.7 Å². The quantitative estimate of drug-likeness (QED) is 0.140. The summed E-state index contributed by atoms with van der Waals surface area (Å²) in [4.78, 5) is 48.6. The molecule has 0 aromatic carbocycles. The van der Waals surface area contributed by atoms with E-state index in [0.29, 0.717) is 29.9 Å². The molecule has 1 heterocycles. The van der Waals surface area contributed by atoms with E-state index in [2.05, 4.69) is 10.6 Å². The first-order valence-corrected chi connectivity index (χ1v) is 14.2. The van der Waals surface area contributed by atoms with Crippen LogP contribution in [-0.4, -0.2) is 35.8 Å². The van der Waals surface area contributed by atoms with E-state index in [4.69, 9.17) is 22.1 Å². The van der Waals surface area contributed by atoms with Crippen molar-refractivity contribution in [2.24, 2.45) is 23.0 Å². The average molecular weight is 588 g/mol. The second-order valence-electron chi connectivity index (χ2n) is 11.6. The van der Waals surface area contributed by atoms with Gasteiger partial charge in [-0.1, -0.05) is 87.4 Å². The number of allylic oxidation sites excluding steroid dienone is 7. The minimum absolute atomic E-state index is 0.0291. The normalized spacial score (nSPS) is 19.2. The number of carbonyl (C=O) groups is 4. The van der Waals surface area contributed by atoms with Gasteiger partial charge in [0.1, 0.15) is 12.1 Å². The molecule has 0 saturated heterocycles. The number of halogens is 1. The molecule has 8 nitrogen and oxygen atoms in total. The average Bonchev–Trinajstić information content (AvgIpc) is 2.86. The molecule has 226 valence electrons. The number of carbonyl (C=O) groups excluding carboxylic acids is 4. The van der Waals surface area contributed by atoms with Gasteiger partial charge in [0, 0.05) is 35.4 Å². The van der Waals surface area contributed by atoms with Crippen LogP contribution in [0.15, 0.2) is 71.0 Å². The first-order chi connectivity index (χ1) is 19.1. The zero-order valence-electron chi connectivity index (χ0n) is 25.3. The number of esters is 1. The predicted octanol–water partition coefficient (Wildman–Crippen LogP) is 5.52. The SMILES string of the molecule is CC1=CCC(C(C)/C=C(C)/C=C\C=C/C(=O)NC(C(=O)N/C=C\CC(C/C=C(\C)Cl)CC(N)=O)C(C)(C)C)OC1=O. The topological polar surface area (TPSA) is 128 Å². The van der Waals surface area contributed by atoms with Crippen molar-refractivity contribution in [1.82, 2.24) is 10.6 Å². The summed E-state index contributed by atoms with van der Waals surface area (Å²) >= 11 is 5.90. The maximum Gasteiger partial charge on any atom is 0.333 e. The molecule has 3 amide bonds. The van der Waals surface area contributed by atoms with Crippen molar-refractivity contribution in [3.63, 3.8) is 0 Å². The molecular formula is C32H46ClN3O5. The van der Waals surface area contributed by atoms with Crippen LogP contribution in [0.3, 0.4) is 0 Å². The number of amides is 3. The van der Waals surface area contributed by atoms with Gasteiger partial charge in [-0.15, -0.1) is 0 Å². The molecule has 1 aliphatic rings. The van der Waals surface area contributed by atoms with Crippen LogP contribution in [-0.2, 0) is 23.9 Å². The lowest BCUT2D eigenvalue weighted by Crippen LogP contribution is -2.52. The number of nitrogens with one attached hydrogen (secondary N) is 2. The highest BCUT2D eigenvalue weighted by molar-refractivity contribution is 6.29. The molecule has 0 bridgehead atoms. The fourth-order valence-corrected chi connectivity index (χ4v) is 4.22. The van der Waals surface area contributed by atoms with Crippen LogP contribution >= 0.6 is 11.6 Å². The Morgan fingerprint density at radius 3 is 2.41 bits per heavy atom. The van der Waals surface area contributed by atoms with E-state index in [1.165, 1.54) is 12.3 Å².